The van der Waals surface area contributed by atoms with Crippen LogP contribution in [0.15, 0.2) is 0 Å². The summed E-state index contributed by atoms with van der Waals surface area (Å²) in [6, 6.07) is 0. The number of rotatable bonds is 3. The van der Waals surface area contributed by atoms with Gasteiger partial charge in [0.05, 0.1) is 0 Å². The van der Waals surface area contributed by atoms with Gasteiger partial charge in [0, 0.05) is 19.0 Å². The zero-order valence-electron chi connectivity index (χ0n) is 12.1. The molecular formula is C14H17N5O2S. The Labute approximate surface area is 131 Å². The summed E-state index contributed by atoms with van der Waals surface area (Å²) in [7, 11) is 0. The predicted octanol–water partition coefficient (Wildman–Crippen LogP) is 1.99. The first-order valence-electron chi connectivity index (χ1n) is 7.67. The maximum absolute atomic E-state index is 12.6. The van der Waals surface area contributed by atoms with Gasteiger partial charge in [-0.3, -0.25) is 14.7 Å². The van der Waals surface area contributed by atoms with Gasteiger partial charge in [0.1, 0.15) is 10.4 Å². The molecule has 0 bridgehead atoms. The van der Waals surface area contributed by atoms with Crippen molar-refractivity contribution in [2.75, 3.05) is 18.4 Å². The van der Waals surface area contributed by atoms with E-state index in [0.29, 0.717) is 16.5 Å². The molecule has 1 aliphatic heterocycles. The van der Waals surface area contributed by atoms with Crippen LogP contribution in [-0.4, -0.2) is 45.0 Å². The normalized spacial score (nSPS) is 18.6. The quantitative estimate of drug-likeness (QED) is 0.905. The molecule has 2 aliphatic rings. The van der Waals surface area contributed by atoms with Gasteiger partial charge in [0.15, 0.2) is 10.8 Å². The molecule has 0 unspecified atom stereocenters. The third-order valence-electron chi connectivity index (χ3n) is 4.15. The fourth-order valence-electron chi connectivity index (χ4n) is 2.72. The topological polar surface area (TPSA) is 91.0 Å². The van der Waals surface area contributed by atoms with E-state index in [1.165, 1.54) is 17.8 Å². The summed E-state index contributed by atoms with van der Waals surface area (Å²) >= 11 is 1.31. The molecule has 0 atom stereocenters. The van der Waals surface area contributed by atoms with E-state index in [0.717, 1.165) is 43.5 Å². The lowest BCUT2D eigenvalue weighted by Crippen LogP contribution is -2.35. The van der Waals surface area contributed by atoms with Gasteiger partial charge < -0.3 is 10.2 Å². The number of H-pyrrole nitrogens is 1. The third kappa shape index (κ3) is 2.47. The minimum Gasteiger partial charge on any atom is -0.337 e. The van der Waals surface area contributed by atoms with Crippen LogP contribution < -0.4 is 5.32 Å². The zero-order chi connectivity index (χ0) is 15.1. The number of hydrogen-bond donors (Lipinski definition) is 2. The van der Waals surface area contributed by atoms with Crippen molar-refractivity contribution in [1.29, 1.82) is 0 Å². The van der Waals surface area contributed by atoms with Gasteiger partial charge in [-0.1, -0.05) is 11.3 Å². The van der Waals surface area contributed by atoms with Crippen molar-refractivity contribution >= 4 is 38.6 Å². The van der Waals surface area contributed by atoms with E-state index in [4.69, 9.17) is 0 Å². The Kier molecular flexibility index (Phi) is 3.33. The summed E-state index contributed by atoms with van der Waals surface area (Å²) in [6.45, 7) is 1.59. The highest BCUT2D eigenvalue weighted by Crippen LogP contribution is 2.33. The van der Waals surface area contributed by atoms with E-state index in [1.807, 2.05) is 4.90 Å². The van der Waals surface area contributed by atoms with Crippen LogP contribution in [0.3, 0.4) is 0 Å². The minimum absolute atomic E-state index is 0.0179. The van der Waals surface area contributed by atoms with E-state index in [2.05, 4.69) is 20.5 Å². The molecule has 8 heteroatoms. The number of likely N-dealkylation sites (tertiary alicyclic amines) is 1. The molecule has 2 fully saturated rings. The summed E-state index contributed by atoms with van der Waals surface area (Å²) in [5.41, 5.74) is 0.984. The lowest BCUT2D eigenvalue weighted by atomic mass is 10.1. The van der Waals surface area contributed by atoms with Crippen LogP contribution >= 0.6 is 11.3 Å². The van der Waals surface area contributed by atoms with Gasteiger partial charge in [-0.05, 0) is 32.1 Å². The minimum atomic E-state index is -0.0223. The molecule has 0 aromatic carbocycles. The largest absolute Gasteiger partial charge is 0.337 e. The molecule has 2 N–H and O–H groups in total. The average molecular weight is 319 g/mol. The van der Waals surface area contributed by atoms with Crippen LogP contribution in [0.1, 0.15) is 42.6 Å². The fraction of sp³-hybridized carbons (Fsp3) is 0.571. The Morgan fingerprint density at radius 2 is 2.00 bits per heavy atom. The van der Waals surface area contributed by atoms with Crippen LogP contribution in [-0.2, 0) is 4.79 Å². The summed E-state index contributed by atoms with van der Waals surface area (Å²) in [5, 5.41) is 10.2. The van der Waals surface area contributed by atoms with Crippen LogP contribution in [0, 0.1) is 5.92 Å². The highest BCUT2D eigenvalue weighted by atomic mass is 32.1. The number of aromatic amines is 1. The average Bonchev–Trinajstić information content (AvgIpc) is 3.21. The molecule has 1 aliphatic carbocycles. The van der Waals surface area contributed by atoms with Crippen molar-refractivity contribution in [2.45, 2.75) is 32.1 Å². The number of nitrogens with zero attached hydrogens (tertiary/aromatic N) is 3. The van der Waals surface area contributed by atoms with Crippen molar-refractivity contribution in [3.8, 4) is 0 Å². The number of aromatic nitrogens is 3. The molecule has 1 saturated heterocycles. The number of piperidine rings is 1. The first-order chi connectivity index (χ1) is 10.7. The van der Waals surface area contributed by atoms with Gasteiger partial charge in [0.25, 0.3) is 5.91 Å². The second-order valence-electron chi connectivity index (χ2n) is 5.89. The third-order valence-corrected chi connectivity index (χ3v) is 5.12. The molecule has 0 radical (unpaired) electrons. The van der Waals surface area contributed by atoms with Gasteiger partial charge >= 0.3 is 0 Å². The molecular weight excluding hydrogens is 302 g/mol. The molecule has 0 spiro atoms. The lowest BCUT2D eigenvalue weighted by molar-refractivity contribution is -0.117. The number of nitrogens with one attached hydrogen (secondary N) is 2. The zero-order valence-corrected chi connectivity index (χ0v) is 12.9. The van der Waals surface area contributed by atoms with Crippen LogP contribution in [0.2, 0.25) is 0 Å². The Balaban J connectivity index is 1.57. The summed E-state index contributed by atoms with van der Waals surface area (Å²) in [4.78, 5) is 30.5. The Hall–Kier alpha value is -1.96. The molecule has 2 aromatic rings. The molecule has 2 amide bonds. The van der Waals surface area contributed by atoms with Crippen molar-refractivity contribution in [1.82, 2.24) is 20.1 Å². The van der Waals surface area contributed by atoms with E-state index in [9.17, 15) is 9.59 Å². The Bertz CT molecular complexity index is 727. The number of anilines is 1. The van der Waals surface area contributed by atoms with Crippen molar-refractivity contribution in [2.24, 2.45) is 5.92 Å². The number of hydrogen-bond acceptors (Lipinski definition) is 5. The standard InChI is InChI=1S/C14H17N5O2S/c20-12(8-4-5-8)16-14-15-11-10(22-14)9(17-18-11)13(21)19-6-2-1-3-7-19/h8H,1-7H2,(H2,15,16,17,18,20). The van der Waals surface area contributed by atoms with E-state index in [1.54, 1.807) is 0 Å². The number of amides is 2. The Morgan fingerprint density at radius 3 is 2.73 bits per heavy atom. The van der Waals surface area contributed by atoms with Gasteiger partial charge in [0.2, 0.25) is 5.91 Å². The first kappa shape index (κ1) is 13.7. The summed E-state index contributed by atoms with van der Waals surface area (Å²) in [6.07, 6.45) is 5.18. The van der Waals surface area contributed by atoms with Gasteiger partial charge in [-0.25, -0.2) is 0 Å². The first-order valence-corrected chi connectivity index (χ1v) is 8.49. The van der Waals surface area contributed by atoms with Crippen LogP contribution in [0.25, 0.3) is 10.3 Å². The maximum atomic E-state index is 12.6. The van der Waals surface area contributed by atoms with Gasteiger partial charge in [-0.15, -0.1) is 0 Å². The van der Waals surface area contributed by atoms with Crippen LogP contribution in [0.4, 0.5) is 5.13 Å². The van der Waals surface area contributed by atoms with E-state index < -0.39 is 0 Å². The van der Waals surface area contributed by atoms with E-state index in [-0.39, 0.29) is 17.7 Å². The highest BCUT2D eigenvalue weighted by Gasteiger charge is 2.31. The van der Waals surface area contributed by atoms with E-state index >= 15 is 0 Å². The lowest BCUT2D eigenvalue weighted by Gasteiger charge is -2.25. The maximum Gasteiger partial charge on any atom is 0.273 e. The number of carbonyl (C=O) groups excluding carboxylic acids is 2. The second-order valence-corrected chi connectivity index (χ2v) is 6.89. The Morgan fingerprint density at radius 1 is 1.23 bits per heavy atom. The number of fused-ring (bicyclic) bond motifs is 1. The smallest absolute Gasteiger partial charge is 0.273 e. The van der Waals surface area contributed by atoms with Crippen molar-refractivity contribution in [3.05, 3.63) is 5.69 Å². The molecule has 22 heavy (non-hydrogen) atoms. The summed E-state index contributed by atoms with van der Waals surface area (Å²) < 4.78 is 0.724. The molecule has 116 valence electrons. The molecule has 4 rings (SSSR count). The monoisotopic (exact) mass is 319 g/mol. The SMILES string of the molecule is O=C(Nc1nc2n[nH]c(C(=O)N3CCCCC3)c2s1)C1CC1. The summed E-state index contributed by atoms with van der Waals surface area (Å²) in [5.74, 6) is 0.127. The van der Waals surface area contributed by atoms with Crippen LogP contribution in [0.5, 0.6) is 0 Å². The number of thiazole rings is 1. The second kappa shape index (κ2) is 5.35. The van der Waals surface area contributed by atoms with Gasteiger partial charge in [-0.2, -0.15) is 10.1 Å². The highest BCUT2D eigenvalue weighted by molar-refractivity contribution is 7.22. The molecule has 7 nitrogen and oxygen atoms in total. The fourth-order valence-corrected chi connectivity index (χ4v) is 3.61. The van der Waals surface area contributed by atoms with Crippen molar-refractivity contribution < 1.29 is 9.59 Å². The molecule has 2 aromatic heterocycles. The molecule has 1 saturated carbocycles. The predicted molar refractivity (Wildman–Crippen MR) is 82.9 cm³/mol. The molecule has 3 heterocycles. The number of carbonyl (C=O) groups is 2. The van der Waals surface area contributed by atoms with Crippen molar-refractivity contribution in [3.63, 3.8) is 0 Å².